The molecule has 2 aromatic carbocycles. The Morgan fingerprint density at radius 1 is 1.14 bits per heavy atom. The lowest BCUT2D eigenvalue weighted by molar-refractivity contribution is 0.157. The van der Waals surface area contributed by atoms with Gasteiger partial charge in [0, 0.05) is 18.2 Å². The first kappa shape index (κ1) is 19.4. The molecule has 2 N–H and O–H groups in total. The molecule has 4 rings (SSSR count). The number of hydrogen-bond acceptors (Lipinski definition) is 4. The van der Waals surface area contributed by atoms with Crippen LogP contribution >= 0.6 is 0 Å². The molecule has 1 aromatic heterocycles. The minimum Gasteiger partial charge on any atom is -0.507 e. The zero-order chi connectivity index (χ0) is 20.9. The van der Waals surface area contributed by atoms with Crippen LogP contribution < -0.4 is 10.2 Å². The zero-order valence-electron chi connectivity index (χ0n) is 17.4. The minimum absolute atomic E-state index is 0.00760. The lowest BCUT2D eigenvalue weighted by Crippen LogP contribution is -2.29. The summed E-state index contributed by atoms with van der Waals surface area (Å²) in [5, 5.41) is 22.3. The number of para-hydroxylation sites is 1. The van der Waals surface area contributed by atoms with E-state index in [1.54, 1.807) is 29.8 Å². The molecule has 0 atom stereocenters. The number of benzene rings is 2. The van der Waals surface area contributed by atoms with E-state index < -0.39 is 5.60 Å². The van der Waals surface area contributed by atoms with Gasteiger partial charge < -0.3 is 19.5 Å². The van der Waals surface area contributed by atoms with Crippen LogP contribution in [-0.4, -0.2) is 20.4 Å². The number of unbranched alkanes of at least 4 members (excludes halogenated alkanes) is 2. The lowest BCUT2D eigenvalue weighted by atomic mass is 9.92. The maximum atomic E-state index is 13.4. The van der Waals surface area contributed by atoms with Crippen molar-refractivity contribution in [2.75, 3.05) is 0 Å². The third kappa shape index (κ3) is 2.96. The van der Waals surface area contributed by atoms with Gasteiger partial charge in [-0.3, -0.25) is 4.79 Å². The molecule has 5 nitrogen and oxygen atoms in total. The van der Waals surface area contributed by atoms with Crippen LogP contribution in [0.15, 0.2) is 29.1 Å². The number of fused-ring (bicyclic) bond motifs is 4. The summed E-state index contributed by atoms with van der Waals surface area (Å²) >= 11 is 0. The second-order valence-electron chi connectivity index (χ2n) is 8.35. The molecule has 1 aliphatic rings. The minimum atomic E-state index is -0.509. The van der Waals surface area contributed by atoms with E-state index in [0.717, 1.165) is 24.8 Å². The Morgan fingerprint density at radius 2 is 1.90 bits per heavy atom. The summed E-state index contributed by atoms with van der Waals surface area (Å²) in [4.78, 5) is 13.4. The van der Waals surface area contributed by atoms with Crippen molar-refractivity contribution in [1.29, 1.82) is 0 Å². The highest BCUT2D eigenvalue weighted by molar-refractivity contribution is 6.04. The summed E-state index contributed by atoms with van der Waals surface area (Å²) in [5.74, 6) is 0.653. The number of hydrogen-bond donors (Lipinski definition) is 2. The summed E-state index contributed by atoms with van der Waals surface area (Å²) in [6.07, 6.45) is 7.58. The first-order valence-electron chi connectivity index (χ1n) is 10.2. The van der Waals surface area contributed by atoms with Gasteiger partial charge in [-0.25, -0.2) is 0 Å². The van der Waals surface area contributed by atoms with Crippen LogP contribution in [0.2, 0.25) is 0 Å². The zero-order valence-corrected chi connectivity index (χ0v) is 17.4. The van der Waals surface area contributed by atoms with E-state index in [-0.39, 0.29) is 22.3 Å². The third-order valence-corrected chi connectivity index (χ3v) is 5.74. The molecule has 29 heavy (non-hydrogen) atoms. The van der Waals surface area contributed by atoms with Gasteiger partial charge in [-0.2, -0.15) is 0 Å². The molecule has 152 valence electrons. The summed E-state index contributed by atoms with van der Waals surface area (Å²) < 4.78 is 8.06. The van der Waals surface area contributed by atoms with Gasteiger partial charge in [0.15, 0.2) is 0 Å². The van der Waals surface area contributed by atoms with Crippen LogP contribution in [0.5, 0.6) is 17.2 Å². The Bertz CT molecular complexity index is 1220. The third-order valence-electron chi connectivity index (χ3n) is 5.74. The molecule has 0 spiro atoms. The number of phenolic OH excluding ortho intramolecular Hbond substituents is 2. The highest BCUT2D eigenvalue weighted by Gasteiger charge is 2.30. The standard InChI is InChI=1S/C24H27NO4/c1-5-6-7-9-16-22(28)18-20(15-12-13-24(2,3)29-23(15)16)25(4)19-14(21(18)27)10-8-11-17(19)26/h8,10-13,26,28H,5-7,9H2,1-4H3. The van der Waals surface area contributed by atoms with Crippen LogP contribution in [-0.2, 0) is 13.5 Å². The van der Waals surface area contributed by atoms with Crippen LogP contribution in [0.1, 0.15) is 51.2 Å². The van der Waals surface area contributed by atoms with Crippen molar-refractivity contribution in [1.82, 2.24) is 4.57 Å². The molecule has 0 radical (unpaired) electrons. The fourth-order valence-electron chi connectivity index (χ4n) is 4.29. The van der Waals surface area contributed by atoms with Gasteiger partial charge in [-0.1, -0.05) is 25.8 Å². The fourth-order valence-corrected chi connectivity index (χ4v) is 4.29. The fraction of sp³-hybridized carbons (Fsp3) is 0.375. The van der Waals surface area contributed by atoms with E-state index in [4.69, 9.17) is 4.74 Å². The molecule has 0 unspecified atom stereocenters. The second-order valence-corrected chi connectivity index (χ2v) is 8.35. The van der Waals surface area contributed by atoms with E-state index in [9.17, 15) is 15.0 Å². The molecule has 0 amide bonds. The number of nitrogens with zero attached hydrogens (tertiary/aromatic N) is 1. The smallest absolute Gasteiger partial charge is 0.201 e. The number of aromatic hydroxyl groups is 2. The van der Waals surface area contributed by atoms with Crippen LogP contribution in [0.3, 0.4) is 0 Å². The maximum Gasteiger partial charge on any atom is 0.201 e. The van der Waals surface area contributed by atoms with E-state index in [2.05, 4.69) is 6.92 Å². The van der Waals surface area contributed by atoms with Crippen LogP contribution in [0.4, 0.5) is 0 Å². The van der Waals surface area contributed by atoms with Crippen molar-refractivity contribution in [3.8, 4) is 17.2 Å². The van der Waals surface area contributed by atoms with Crippen LogP contribution in [0.25, 0.3) is 27.9 Å². The van der Waals surface area contributed by atoms with E-state index >= 15 is 0 Å². The average Bonchev–Trinajstić information content (AvgIpc) is 2.66. The number of aryl methyl sites for hydroxylation is 1. The molecule has 0 aliphatic carbocycles. The molecule has 3 aromatic rings. The first-order chi connectivity index (χ1) is 13.8. The number of aromatic nitrogens is 1. The van der Waals surface area contributed by atoms with Gasteiger partial charge in [0.05, 0.1) is 21.8 Å². The van der Waals surface area contributed by atoms with Gasteiger partial charge in [-0.05, 0) is 51.0 Å². The number of pyridine rings is 1. The molecule has 1 aliphatic heterocycles. The summed E-state index contributed by atoms with van der Waals surface area (Å²) in [6, 6.07) is 4.89. The normalized spacial score (nSPS) is 14.9. The van der Waals surface area contributed by atoms with Gasteiger partial charge >= 0.3 is 0 Å². The molecule has 0 bridgehead atoms. The first-order valence-corrected chi connectivity index (χ1v) is 10.2. The van der Waals surface area contributed by atoms with Crippen LogP contribution in [0, 0.1) is 0 Å². The SMILES string of the molecule is CCCCCc1c2c(c3c(c1O)c(=O)c1cccc(O)c1n3C)C=CC(C)(C)O2. The van der Waals surface area contributed by atoms with Crippen molar-refractivity contribution < 1.29 is 14.9 Å². The van der Waals surface area contributed by atoms with E-state index in [1.807, 2.05) is 26.0 Å². The number of phenols is 2. The number of ether oxygens (including phenoxy) is 1. The van der Waals surface area contributed by atoms with Gasteiger partial charge in [0.25, 0.3) is 0 Å². The van der Waals surface area contributed by atoms with Gasteiger partial charge in [-0.15, -0.1) is 0 Å². The highest BCUT2D eigenvalue weighted by atomic mass is 16.5. The topological polar surface area (TPSA) is 71.7 Å². The van der Waals surface area contributed by atoms with Crippen molar-refractivity contribution in [2.45, 2.75) is 52.1 Å². The van der Waals surface area contributed by atoms with Gasteiger partial charge in [0.2, 0.25) is 5.43 Å². The largest absolute Gasteiger partial charge is 0.507 e. The molecular weight excluding hydrogens is 366 g/mol. The van der Waals surface area contributed by atoms with Gasteiger partial charge in [0.1, 0.15) is 22.8 Å². The Labute approximate surface area is 169 Å². The summed E-state index contributed by atoms with van der Waals surface area (Å²) in [7, 11) is 1.80. The predicted octanol–water partition coefficient (Wildman–Crippen LogP) is 5.02. The quantitative estimate of drug-likeness (QED) is 0.482. The lowest BCUT2D eigenvalue weighted by Gasteiger charge is -2.31. The maximum absolute atomic E-state index is 13.4. The molecule has 0 saturated heterocycles. The molecule has 2 heterocycles. The Kier molecular flexibility index (Phi) is 4.56. The summed E-state index contributed by atoms with van der Waals surface area (Å²) in [5.41, 5.74) is 1.69. The van der Waals surface area contributed by atoms with E-state index in [0.29, 0.717) is 34.2 Å². The highest BCUT2D eigenvalue weighted by Crippen LogP contribution is 2.45. The van der Waals surface area contributed by atoms with E-state index in [1.165, 1.54) is 0 Å². The monoisotopic (exact) mass is 393 g/mol. The average molecular weight is 393 g/mol. The molecule has 5 heteroatoms. The Hall–Kier alpha value is -2.95. The van der Waals surface area contributed by atoms with Crippen molar-refractivity contribution in [3.05, 3.63) is 45.6 Å². The van der Waals surface area contributed by atoms with Crippen molar-refractivity contribution >= 4 is 27.9 Å². The van der Waals surface area contributed by atoms with Crippen molar-refractivity contribution in [3.63, 3.8) is 0 Å². The summed E-state index contributed by atoms with van der Waals surface area (Å²) in [6.45, 7) is 6.07. The van der Waals surface area contributed by atoms with Crippen molar-refractivity contribution in [2.24, 2.45) is 7.05 Å². The molecular formula is C24H27NO4. The predicted molar refractivity (Wildman–Crippen MR) is 117 cm³/mol. The number of rotatable bonds is 4. The molecule has 0 saturated carbocycles. The Balaban J connectivity index is 2.17. The Morgan fingerprint density at radius 3 is 2.62 bits per heavy atom. The second kappa shape index (κ2) is 6.83. The molecule has 0 fully saturated rings.